The fraction of sp³-hybridized carbons (Fsp3) is 0.211. The van der Waals surface area contributed by atoms with Crippen LogP contribution in [-0.2, 0) is 6.42 Å². The number of amides is 1. The minimum absolute atomic E-state index is 0.0637. The Morgan fingerprint density at radius 2 is 1.91 bits per heavy atom. The number of aromatic amines is 1. The minimum atomic E-state index is -0.0637. The van der Waals surface area contributed by atoms with E-state index in [-0.39, 0.29) is 5.91 Å². The summed E-state index contributed by atoms with van der Waals surface area (Å²) in [6.45, 7) is 2.66. The molecule has 0 saturated heterocycles. The number of H-pyrrole nitrogens is 1. The number of nitrogens with one attached hydrogen (secondary N) is 2. The molecule has 2 N–H and O–H groups in total. The van der Waals surface area contributed by atoms with Crippen LogP contribution in [0.4, 0.5) is 0 Å². The van der Waals surface area contributed by atoms with Crippen LogP contribution in [0, 0.1) is 6.92 Å². The van der Waals surface area contributed by atoms with Crippen molar-refractivity contribution in [3.05, 3.63) is 65.4 Å². The van der Waals surface area contributed by atoms with E-state index < -0.39 is 0 Å². The van der Waals surface area contributed by atoms with Crippen molar-refractivity contribution >= 4 is 16.8 Å². The molecule has 0 saturated carbocycles. The van der Waals surface area contributed by atoms with E-state index in [0.29, 0.717) is 12.1 Å². The Bertz CT molecular complexity index is 819. The Morgan fingerprint density at radius 1 is 1.13 bits per heavy atom. The standard InChI is InChI=1S/C19H20N2O2/c1-13-11-16-12-14(3-8-18(16)21-13)9-10-20-19(22)15-4-6-17(23-2)7-5-15/h3-8,11-12,21H,9-10H2,1-2H3,(H,20,22). The van der Waals surface area contributed by atoms with Crippen molar-refractivity contribution in [1.29, 1.82) is 0 Å². The van der Waals surface area contributed by atoms with E-state index in [1.807, 2.05) is 0 Å². The second-order valence-electron chi connectivity index (χ2n) is 5.61. The van der Waals surface area contributed by atoms with Crippen molar-refractivity contribution in [2.45, 2.75) is 13.3 Å². The molecule has 1 aromatic heterocycles. The average molecular weight is 308 g/mol. The van der Waals surface area contributed by atoms with Crippen LogP contribution in [-0.4, -0.2) is 24.5 Å². The van der Waals surface area contributed by atoms with E-state index in [4.69, 9.17) is 4.74 Å². The lowest BCUT2D eigenvalue weighted by atomic mass is 10.1. The summed E-state index contributed by atoms with van der Waals surface area (Å²) in [5.74, 6) is 0.683. The molecule has 118 valence electrons. The fourth-order valence-corrected chi connectivity index (χ4v) is 2.65. The van der Waals surface area contributed by atoms with Crippen LogP contribution < -0.4 is 10.1 Å². The first-order valence-corrected chi connectivity index (χ1v) is 7.66. The normalized spacial score (nSPS) is 10.7. The van der Waals surface area contributed by atoms with E-state index in [2.05, 4.69) is 41.5 Å². The highest BCUT2D eigenvalue weighted by Gasteiger charge is 2.05. The van der Waals surface area contributed by atoms with Crippen LogP contribution in [0.25, 0.3) is 10.9 Å². The lowest BCUT2D eigenvalue weighted by Crippen LogP contribution is -2.25. The van der Waals surface area contributed by atoms with Gasteiger partial charge >= 0.3 is 0 Å². The molecule has 0 aliphatic carbocycles. The number of methoxy groups -OCH3 is 1. The molecule has 1 amide bonds. The van der Waals surface area contributed by atoms with Crippen LogP contribution >= 0.6 is 0 Å². The van der Waals surface area contributed by atoms with Gasteiger partial charge in [-0.1, -0.05) is 6.07 Å². The Morgan fingerprint density at radius 3 is 2.65 bits per heavy atom. The Labute approximate surface area is 135 Å². The Balaban J connectivity index is 1.57. The molecule has 2 aromatic carbocycles. The summed E-state index contributed by atoms with van der Waals surface area (Å²) in [6.07, 6.45) is 0.808. The topological polar surface area (TPSA) is 54.1 Å². The molecule has 0 spiro atoms. The third kappa shape index (κ3) is 3.54. The molecule has 4 nitrogen and oxygen atoms in total. The van der Waals surface area contributed by atoms with Crippen LogP contribution in [0.2, 0.25) is 0 Å². The van der Waals surface area contributed by atoms with Gasteiger partial charge in [0, 0.05) is 23.3 Å². The number of carbonyl (C=O) groups is 1. The third-order valence-electron chi connectivity index (χ3n) is 3.87. The highest BCUT2D eigenvalue weighted by molar-refractivity contribution is 5.94. The maximum atomic E-state index is 12.1. The molecule has 4 heteroatoms. The summed E-state index contributed by atoms with van der Waals surface area (Å²) in [7, 11) is 1.61. The van der Waals surface area contributed by atoms with E-state index in [1.165, 1.54) is 10.9 Å². The first-order chi connectivity index (χ1) is 11.2. The molecule has 0 aliphatic rings. The van der Waals surface area contributed by atoms with E-state index >= 15 is 0 Å². The van der Waals surface area contributed by atoms with Gasteiger partial charge in [0.05, 0.1) is 7.11 Å². The summed E-state index contributed by atoms with van der Waals surface area (Å²) in [5, 5.41) is 4.16. The lowest BCUT2D eigenvalue weighted by Gasteiger charge is -2.06. The molecule has 23 heavy (non-hydrogen) atoms. The minimum Gasteiger partial charge on any atom is -0.497 e. The second-order valence-corrected chi connectivity index (χ2v) is 5.61. The first-order valence-electron chi connectivity index (χ1n) is 7.66. The highest BCUT2D eigenvalue weighted by Crippen LogP contribution is 2.17. The number of rotatable bonds is 5. The Hall–Kier alpha value is -2.75. The van der Waals surface area contributed by atoms with Crippen molar-refractivity contribution in [2.75, 3.05) is 13.7 Å². The maximum Gasteiger partial charge on any atom is 0.251 e. The zero-order chi connectivity index (χ0) is 16.2. The summed E-state index contributed by atoms with van der Waals surface area (Å²) in [4.78, 5) is 15.4. The van der Waals surface area contributed by atoms with Crippen LogP contribution in [0.1, 0.15) is 21.6 Å². The van der Waals surface area contributed by atoms with Gasteiger partial charge in [-0.15, -0.1) is 0 Å². The maximum absolute atomic E-state index is 12.1. The molecule has 1 heterocycles. The van der Waals surface area contributed by atoms with Crippen LogP contribution in [0.3, 0.4) is 0 Å². The molecule has 0 aliphatic heterocycles. The number of benzene rings is 2. The predicted molar refractivity (Wildman–Crippen MR) is 92.1 cm³/mol. The number of hydrogen-bond donors (Lipinski definition) is 2. The van der Waals surface area contributed by atoms with Crippen molar-refractivity contribution in [2.24, 2.45) is 0 Å². The van der Waals surface area contributed by atoms with Crippen molar-refractivity contribution in [1.82, 2.24) is 10.3 Å². The SMILES string of the molecule is COc1ccc(C(=O)NCCc2ccc3[nH]c(C)cc3c2)cc1. The van der Waals surface area contributed by atoms with E-state index in [1.54, 1.807) is 31.4 Å². The molecule has 0 atom stereocenters. The number of aryl methyl sites for hydroxylation is 1. The van der Waals surface area contributed by atoms with Crippen molar-refractivity contribution in [3.63, 3.8) is 0 Å². The highest BCUT2D eigenvalue weighted by atomic mass is 16.5. The van der Waals surface area contributed by atoms with Gasteiger partial charge in [-0.05, 0) is 66.8 Å². The zero-order valence-corrected chi connectivity index (χ0v) is 13.3. The molecular formula is C19H20N2O2. The molecule has 3 rings (SSSR count). The molecule has 0 unspecified atom stereocenters. The first kappa shape index (κ1) is 15.2. The van der Waals surface area contributed by atoms with E-state index in [9.17, 15) is 4.79 Å². The number of aromatic nitrogens is 1. The van der Waals surface area contributed by atoms with Gasteiger partial charge < -0.3 is 15.0 Å². The number of fused-ring (bicyclic) bond motifs is 1. The quantitative estimate of drug-likeness (QED) is 0.758. The van der Waals surface area contributed by atoms with Gasteiger partial charge in [0.2, 0.25) is 0 Å². The van der Waals surface area contributed by atoms with E-state index in [0.717, 1.165) is 23.4 Å². The third-order valence-corrected chi connectivity index (χ3v) is 3.87. The molecule has 0 fully saturated rings. The monoisotopic (exact) mass is 308 g/mol. The van der Waals surface area contributed by atoms with Gasteiger partial charge in [-0.25, -0.2) is 0 Å². The van der Waals surface area contributed by atoms with Gasteiger partial charge in [-0.3, -0.25) is 4.79 Å². The van der Waals surface area contributed by atoms with Gasteiger partial charge in [-0.2, -0.15) is 0 Å². The summed E-state index contributed by atoms with van der Waals surface area (Å²) < 4.78 is 5.09. The summed E-state index contributed by atoms with van der Waals surface area (Å²) in [5.41, 5.74) is 4.16. The lowest BCUT2D eigenvalue weighted by molar-refractivity contribution is 0.0954. The molecular weight excluding hydrogens is 288 g/mol. The van der Waals surface area contributed by atoms with Gasteiger partial charge in [0.15, 0.2) is 0 Å². The van der Waals surface area contributed by atoms with Gasteiger partial charge in [0.1, 0.15) is 5.75 Å². The summed E-state index contributed by atoms with van der Waals surface area (Å²) >= 11 is 0. The molecule has 3 aromatic rings. The zero-order valence-electron chi connectivity index (χ0n) is 13.3. The molecule has 0 radical (unpaired) electrons. The van der Waals surface area contributed by atoms with Crippen molar-refractivity contribution in [3.8, 4) is 5.75 Å². The smallest absolute Gasteiger partial charge is 0.251 e. The summed E-state index contributed by atoms with van der Waals surface area (Å²) in [6, 6.07) is 15.6. The second kappa shape index (κ2) is 6.57. The van der Waals surface area contributed by atoms with Gasteiger partial charge in [0.25, 0.3) is 5.91 Å². The number of ether oxygens (including phenoxy) is 1. The Kier molecular flexibility index (Phi) is 4.33. The van der Waals surface area contributed by atoms with Crippen LogP contribution in [0.5, 0.6) is 5.75 Å². The van der Waals surface area contributed by atoms with Crippen molar-refractivity contribution < 1.29 is 9.53 Å². The molecule has 0 bridgehead atoms. The fourth-order valence-electron chi connectivity index (χ4n) is 2.65. The largest absolute Gasteiger partial charge is 0.497 e. The van der Waals surface area contributed by atoms with Crippen LogP contribution in [0.15, 0.2) is 48.5 Å². The number of carbonyl (C=O) groups excluding carboxylic acids is 1. The number of hydrogen-bond acceptors (Lipinski definition) is 2. The average Bonchev–Trinajstić information content (AvgIpc) is 2.94. The predicted octanol–water partition coefficient (Wildman–Crippen LogP) is 3.46.